The monoisotopic (exact) mass is 176 g/mol. The second-order valence-corrected chi connectivity index (χ2v) is 3.86. The van der Waals surface area contributed by atoms with Crippen LogP contribution >= 0.6 is 0 Å². The van der Waals surface area contributed by atoms with Gasteiger partial charge in [0.05, 0.1) is 0 Å². The van der Waals surface area contributed by atoms with Crippen LogP contribution in [0.5, 0.6) is 0 Å². The lowest BCUT2D eigenvalue weighted by Crippen LogP contribution is -2.29. The van der Waals surface area contributed by atoms with Gasteiger partial charge in [-0.3, -0.25) is 0 Å². The van der Waals surface area contributed by atoms with Crippen LogP contribution in [-0.4, -0.2) is 29.1 Å². The summed E-state index contributed by atoms with van der Waals surface area (Å²) in [5.74, 6) is 2.24. The first-order chi connectivity index (χ1) is 6.36. The van der Waals surface area contributed by atoms with Gasteiger partial charge in [0, 0.05) is 31.5 Å². The average molecular weight is 176 g/mol. The van der Waals surface area contributed by atoms with Crippen LogP contribution < -0.4 is 10.6 Å². The fraction of sp³-hybridized carbons (Fsp3) is 0.556. The number of hydrogen-bond donors (Lipinski definition) is 1. The molecule has 13 heavy (non-hydrogen) atoms. The highest BCUT2D eigenvalue weighted by Gasteiger charge is 2.54. The number of nitrogens with zero attached hydrogens (tertiary/aromatic N) is 3. The molecule has 0 amide bonds. The van der Waals surface area contributed by atoms with Crippen molar-refractivity contribution in [3.8, 4) is 0 Å². The number of fused-ring (bicyclic) bond motifs is 1. The zero-order valence-electron chi connectivity index (χ0n) is 7.30. The molecule has 1 aromatic rings. The van der Waals surface area contributed by atoms with E-state index >= 15 is 0 Å². The highest BCUT2D eigenvalue weighted by molar-refractivity contribution is 5.35. The third-order valence-electron chi connectivity index (χ3n) is 3.10. The van der Waals surface area contributed by atoms with E-state index in [4.69, 9.17) is 5.73 Å². The van der Waals surface area contributed by atoms with Crippen LogP contribution in [-0.2, 0) is 0 Å². The standard InChI is InChI=1S/C9H12N4/c10-8-6-4-13(5-7(6)8)9-11-2-1-3-12-9/h1-3,6-8H,4-5,10H2/t6-,7-/m0/s1. The number of hydrogen-bond acceptors (Lipinski definition) is 4. The second kappa shape index (κ2) is 2.42. The molecule has 1 saturated carbocycles. The molecule has 0 spiro atoms. The van der Waals surface area contributed by atoms with E-state index in [1.54, 1.807) is 12.4 Å². The van der Waals surface area contributed by atoms with Gasteiger partial charge in [0.15, 0.2) is 0 Å². The molecule has 1 saturated heterocycles. The molecular weight excluding hydrogens is 164 g/mol. The number of nitrogens with two attached hydrogens (primary N) is 1. The Balaban J connectivity index is 1.76. The predicted octanol–water partition coefficient (Wildman–Crippen LogP) is -0.130. The van der Waals surface area contributed by atoms with Gasteiger partial charge in [-0.05, 0) is 17.9 Å². The molecule has 0 unspecified atom stereocenters. The minimum absolute atomic E-state index is 0.444. The van der Waals surface area contributed by atoms with Gasteiger partial charge in [-0.25, -0.2) is 9.97 Å². The van der Waals surface area contributed by atoms with Gasteiger partial charge in [0.25, 0.3) is 0 Å². The zero-order valence-corrected chi connectivity index (χ0v) is 7.30. The summed E-state index contributed by atoms with van der Waals surface area (Å²) in [6.07, 6.45) is 3.57. The van der Waals surface area contributed by atoms with Crippen molar-refractivity contribution in [1.29, 1.82) is 0 Å². The smallest absolute Gasteiger partial charge is 0.225 e. The summed E-state index contributed by atoms with van der Waals surface area (Å²) in [5.41, 5.74) is 5.84. The lowest BCUT2D eigenvalue weighted by Gasteiger charge is -2.17. The van der Waals surface area contributed by atoms with Crippen LogP contribution in [0, 0.1) is 11.8 Å². The third kappa shape index (κ3) is 1.02. The summed E-state index contributed by atoms with van der Waals surface area (Å²) >= 11 is 0. The van der Waals surface area contributed by atoms with Crippen LogP contribution in [0.3, 0.4) is 0 Å². The summed E-state index contributed by atoms with van der Waals surface area (Å²) in [6, 6.07) is 2.28. The fourth-order valence-electron chi connectivity index (χ4n) is 2.19. The van der Waals surface area contributed by atoms with Crippen molar-refractivity contribution in [2.45, 2.75) is 6.04 Å². The fourth-order valence-corrected chi connectivity index (χ4v) is 2.19. The lowest BCUT2D eigenvalue weighted by atomic mass is 10.4. The first-order valence-electron chi connectivity index (χ1n) is 4.64. The summed E-state index contributed by atoms with van der Waals surface area (Å²) in [4.78, 5) is 10.7. The van der Waals surface area contributed by atoms with Crippen molar-refractivity contribution in [1.82, 2.24) is 9.97 Å². The Bertz CT molecular complexity index is 301. The zero-order chi connectivity index (χ0) is 8.84. The summed E-state index contributed by atoms with van der Waals surface area (Å²) in [5, 5.41) is 0. The van der Waals surface area contributed by atoms with Gasteiger partial charge in [-0.15, -0.1) is 0 Å². The Hall–Kier alpha value is -1.16. The summed E-state index contributed by atoms with van der Waals surface area (Å²) < 4.78 is 0. The summed E-state index contributed by atoms with van der Waals surface area (Å²) in [6.45, 7) is 2.08. The van der Waals surface area contributed by atoms with E-state index in [1.807, 2.05) is 6.07 Å². The van der Waals surface area contributed by atoms with Crippen LogP contribution in [0.4, 0.5) is 5.95 Å². The molecule has 0 bridgehead atoms. The molecule has 1 aliphatic heterocycles. The van der Waals surface area contributed by atoms with Crippen molar-refractivity contribution in [2.75, 3.05) is 18.0 Å². The Morgan fingerprint density at radius 1 is 1.23 bits per heavy atom. The first-order valence-corrected chi connectivity index (χ1v) is 4.64. The maximum absolute atomic E-state index is 5.84. The normalized spacial score (nSPS) is 36.1. The van der Waals surface area contributed by atoms with E-state index in [0.717, 1.165) is 19.0 Å². The van der Waals surface area contributed by atoms with Crippen LogP contribution in [0.25, 0.3) is 0 Å². The first kappa shape index (κ1) is 7.26. The molecule has 1 aromatic heterocycles. The maximum atomic E-state index is 5.84. The van der Waals surface area contributed by atoms with Gasteiger partial charge in [0.2, 0.25) is 5.95 Å². The highest BCUT2D eigenvalue weighted by Crippen LogP contribution is 2.44. The largest absolute Gasteiger partial charge is 0.340 e. The molecule has 4 heteroatoms. The Morgan fingerprint density at radius 2 is 1.85 bits per heavy atom. The Kier molecular flexibility index (Phi) is 1.35. The highest BCUT2D eigenvalue weighted by atomic mass is 15.3. The quantitative estimate of drug-likeness (QED) is 0.647. The predicted molar refractivity (Wildman–Crippen MR) is 49.2 cm³/mol. The molecule has 2 aliphatic rings. The van der Waals surface area contributed by atoms with E-state index in [2.05, 4.69) is 14.9 Å². The van der Waals surface area contributed by atoms with Crippen LogP contribution in [0.15, 0.2) is 18.5 Å². The van der Waals surface area contributed by atoms with Crippen LogP contribution in [0.2, 0.25) is 0 Å². The van der Waals surface area contributed by atoms with E-state index in [9.17, 15) is 0 Å². The SMILES string of the molecule is NC1[C@H]2CN(c3ncccn3)C[C@H]12. The lowest BCUT2D eigenvalue weighted by molar-refractivity contribution is 0.725. The van der Waals surface area contributed by atoms with Crippen molar-refractivity contribution in [3.05, 3.63) is 18.5 Å². The molecule has 2 heterocycles. The number of anilines is 1. The van der Waals surface area contributed by atoms with Gasteiger partial charge < -0.3 is 10.6 Å². The molecule has 0 aromatic carbocycles. The average Bonchev–Trinajstić information content (AvgIpc) is 2.67. The number of aromatic nitrogens is 2. The minimum atomic E-state index is 0.444. The van der Waals surface area contributed by atoms with Gasteiger partial charge in [-0.1, -0.05) is 0 Å². The molecule has 3 rings (SSSR count). The minimum Gasteiger partial charge on any atom is -0.340 e. The van der Waals surface area contributed by atoms with E-state index in [-0.39, 0.29) is 0 Å². The maximum Gasteiger partial charge on any atom is 0.225 e. The van der Waals surface area contributed by atoms with Crippen molar-refractivity contribution < 1.29 is 0 Å². The Morgan fingerprint density at radius 3 is 2.46 bits per heavy atom. The van der Waals surface area contributed by atoms with Gasteiger partial charge >= 0.3 is 0 Å². The molecule has 2 atom stereocenters. The molecule has 0 radical (unpaired) electrons. The van der Waals surface area contributed by atoms with Gasteiger partial charge in [-0.2, -0.15) is 0 Å². The van der Waals surface area contributed by atoms with Crippen LogP contribution in [0.1, 0.15) is 0 Å². The van der Waals surface area contributed by atoms with Crippen molar-refractivity contribution in [2.24, 2.45) is 17.6 Å². The second-order valence-electron chi connectivity index (χ2n) is 3.86. The van der Waals surface area contributed by atoms with Crippen molar-refractivity contribution in [3.63, 3.8) is 0 Å². The third-order valence-corrected chi connectivity index (χ3v) is 3.10. The molecule has 2 fully saturated rings. The van der Waals surface area contributed by atoms with Crippen molar-refractivity contribution >= 4 is 5.95 Å². The molecular formula is C9H12N4. The van der Waals surface area contributed by atoms with E-state index in [1.165, 1.54) is 0 Å². The van der Waals surface area contributed by atoms with Gasteiger partial charge in [0.1, 0.15) is 0 Å². The topological polar surface area (TPSA) is 55.0 Å². The number of piperidine rings is 1. The number of rotatable bonds is 1. The Labute approximate surface area is 76.8 Å². The molecule has 2 N–H and O–H groups in total. The molecule has 68 valence electrons. The van der Waals surface area contributed by atoms with E-state index < -0.39 is 0 Å². The molecule has 4 nitrogen and oxygen atoms in total. The van der Waals surface area contributed by atoms with E-state index in [0.29, 0.717) is 17.9 Å². The summed E-state index contributed by atoms with van der Waals surface area (Å²) in [7, 11) is 0. The molecule has 1 aliphatic carbocycles.